The van der Waals surface area contributed by atoms with Gasteiger partial charge in [0.05, 0.1) is 12.0 Å². The smallest absolute Gasteiger partial charge is 0.341 e. The number of carboxylic acid groups (broad SMARTS) is 1. The molecule has 2 amide bonds. The first kappa shape index (κ1) is 19.4. The summed E-state index contributed by atoms with van der Waals surface area (Å²) in [4.78, 5) is 31.6. The van der Waals surface area contributed by atoms with E-state index >= 15 is 0 Å². The molecular formula is C19H18N4O4S. The summed E-state index contributed by atoms with van der Waals surface area (Å²) >= 11 is 1.49. The first-order valence-corrected chi connectivity index (χ1v) is 9.30. The lowest BCUT2D eigenvalue weighted by molar-refractivity contribution is 0.0693. The molecule has 3 unspecified atom stereocenters. The van der Waals surface area contributed by atoms with Gasteiger partial charge in [0.1, 0.15) is 11.3 Å². The minimum absolute atomic E-state index is 0.220. The van der Waals surface area contributed by atoms with Crippen molar-refractivity contribution in [1.82, 2.24) is 5.32 Å². The predicted octanol–water partition coefficient (Wildman–Crippen LogP) is 3.11. The Balaban J connectivity index is 2.13. The number of thiophene rings is 1. The highest BCUT2D eigenvalue weighted by Crippen LogP contribution is 2.39. The number of amides is 2. The molecule has 3 rings (SSSR count). The zero-order valence-corrected chi connectivity index (χ0v) is 15.7. The minimum Gasteiger partial charge on any atom is -0.507 e. The molecule has 0 spiro atoms. The van der Waals surface area contributed by atoms with Crippen LogP contribution in [0.4, 0.5) is 4.79 Å². The third-order valence-electron chi connectivity index (χ3n) is 4.51. The van der Waals surface area contributed by atoms with Crippen molar-refractivity contribution in [3.05, 3.63) is 51.7 Å². The van der Waals surface area contributed by atoms with E-state index in [1.807, 2.05) is 16.8 Å². The van der Waals surface area contributed by atoms with Crippen LogP contribution in [0.2, 0.25) is 0 Å². The number of aliphatic imine (C=N–C) groups is 2. The lowest BCUT2D eigenvalue weighted by Crippen LogP contribution is -2.42. The van der Waals surface area contributed by atoms with Crippen LogP contribution in [0.15, 0.2) is 45.0 Å². The van der Waals surface area contributed by atoms with Gasteiger partial charge in [-0.2, -0.15) is 11.3 Å². The largest absolute Gasteiger partial charge is 0.507 e. The quantitative estimate of drug-likeness (QED) is 0.556. The fourth-order valence-corrected chi connectivity index (χ4v) is 3.96. The number of benzene rings is 1. The van der Waals surface area contributed by atoms with Crippen molar-refractivity contribution in [3.63, 3.8) is 0 Å². The van der Waals surface area contributed by atoms with E-state index in [9.17, 15) is 14.7 Å². The average molecular weight is 398 g/mol. The number of rotatable bonds is 6. The van der Waals surface area contributed by atoms with E-state index in [2.05, 4.69) is 15.3 Å². The molecule has 0 saturated carbocycles. The minimum atomic E-state index is -1.24. The van der Waals surface area contributed by atoms with Crippen LogP contribution < -0.4 is 5.32 Å². The lowest BCUT2D eigenvalue weighted by Gasteiger charge is -2.34. The second kappa shape index (κ2) is 8.13. The Morgan fingerprint density at radius 1 is 1.39 bits per heavy atom. The molecule has 2 heterocycles. The Labute approximate surface area is 164 Å². The number of hydrogen-bond donors (Lipinski definition) is 4. The van der Waals surface area contributed by atoms with Crippen LogP contribution in [0, 0.1) is 11.3 Å². The Morgan fingerprint density at radius 3 is 2.75 bits per heavy atom. The first-order chi connectivity index (χ1) is 13.5. The predicted molar refractivity (Wildman–Crippen MR) is 108 cm³/mol. The number of carbonyl (C=O) groups excluding carboxylic acids is 1. The number of carboxylic acids is 1. The van der Waals surface area contributed by atoms with E-state index in [0.717, 1.165) is 5.56 Å². The molecule has 8 nitrogen and oxygen atoms in total. The zero-order chi connectivity index (χ0) is 20.3. The van der Waals surface area contributed by atoms with E-state index in [1.165, 1.54) is 29.7 Å². The fourth-order valence-electron chi connectivity index (χ4n) is 3.27. The van der Waals surface area contributed by atoms with Crippen LogP contribution >= 0.6 is 11.3 Å². The third-order valence-corrected chi connectivity index (χ3v) is 5.21. The summed E-state index contributed by atoms with van der Waals surface area (Å²) in [5.41, 5.74) is 1.68. The van der Waals surface area contributed by atoms with E-state index in [1.54, 1.807) is 19.3 Å². The lowest BCUT2D eigenvalue weighted by atomic mass is 9.79. The summed E-state index contributed by atoms with van der Waals surface area (Å²) in [6.07, 6.45) is 2.72. The number of urea groups is 1. The van der Waals surface area contributed by atoms with Crippen molar-refractivity contribution >= 4 is 41.5 Å². The Morgan fingerprint density at radius 2 is 2.18 bits per heavy atom. The fraction of sp³-hybridized carbons (Fsp3) is 0.211. The van der Waals surface area contributed by atoms with E-state index in [4.69, 9.17) is 10.5 Å². The molecule has 1 aliphatic rings. The number of phenols is 1. The maximum absolute atomic E-state index is 12.3. The monoisotopic (exact) mass is 398 g/mol. The van der Waals surface area contributed by atoms with Crippen molar-refractivity contribution < 1.29 is 19.8 Å². The normalized spacial score (nSPS) is 20.5. The van der Waals surface area contributed by atoms with Gasteiger partial charge in [-0.25, -0.2) is 14.6 Å². The molecule has 3 atom stereocenters. The molecule has 1 aromatic heterocycles. The van der Waals surface area contributed by atoms with E-state index < -0.39 is 29.9 Å². The molecule has 4 N–H and O–H groups in total. The molecule has 0 bridgehead atoms. The van der Waals surface area contributed by atoms with Crippen LogP contribution in [0.5, 0.6) is 5.75 Å². The van der Waals surface area contributed by atoms with Gasteiger partial charge in [0, 0.05) is 31.1 Å². The molecule has 2 aromatic rings. The maximum Gasteiger partial charge on any atom is 0.341 e. The molecule has 0 radical (unpaired) electrons. The van der Waals surface area contributed by atoms with Crippen LogP contribution in [0.3, 0.4) is 0 Å². The number of hydrogen-bond acceptors (Lipinski definition) is 6. The Bertz CT molecular complexity index is 968. The highest BCUT2D eigenvalue weighted by molar-refractivity contribution is 7.08. The second-order valence-electron chi connectivity index (χ2n) is 6.18. The van der Waals surface area contributed by atoms with Gasteiger partial charge in [-0.3, -0.25) is 4.99 Å². The van der Waals surface area contributed by atoms with Gasteiger partial charge in [0.15, 0.2) is 0 Å². The molecule has 0 aliphatic carbocycles. The molecule has 9 heteroatoms. The third kappa shape index (κ3) is 3.70. The van der Waals surface area contributed by atoms with Gasteiger partial charge >= 0.3 is 12.0 Å². The van der Waals surface area contributed by atoms with Gasteiger partial charge in [-0.1, -0.05) is 6.07 Å². The molecule has 1 aromatic carbocycles. The Hall–Kier alpha value is -3.33. The van der Waals surface area contributed by atoms with E-state index in [0.29, 0.717) is 11.3 Å². The molecular weight excluding hydrogens is 380 g/mol. The van der Waals surface area contributed by atoms with Gasteiger partial charge in [0.25, 0.3) is 0 Å². The average Bonchev–Trinajstić information content (AvgIpc) is 3.19. The zero-order valence-electron chi connectivity index (χ0n) is 14.9. The number of carbonyl (C=O) groups is 2. The van der Waals surface area contributed by atoms with Crippen molar-refractivity contribution in [2.45, 2.75) is 12.0 Å². The number of aromatic hydroxyl groups is 1. The van der Waals surface area contributed by atoms with Gasteiger partial charge < -0.3 is 20.9 Å². The van der Waals surface area contributed by atoms with Gasteiger partial charge in [-0.15, -0.1) is 0 Å². The number of nitrogens with zero attached hydrogens (tertiary/aromatic N) is 2. The SMILES string of the molecule is CN=CC(C=N)C1=NC(=O)NC(c2ccc(C(=O)O)c(O)c2)C1c1ccsc1. The molecule has 28 heavy (non-hydrogen) atoms. The van der Waals surface area contributed by atoms with Crippen molar-refractivity contribution in [3.8, 4) is 5.75 Å². The summed E-state index contributed by atoms with van der Waals surface area (Å²) in [6.45, 7) is 0. The first-order valence-electron chi connectivity index (χ1n) is 8.36. The van der Waals surface area contributed by atoms with Crippen molar-refractivity contribution in [2.24, 2.45) is 15.9 Å². The Kier molecular flexibility index (Phi) is 5.65. The standard InChI is InChI=1S/C19H18N4O4S/c1-21-8-12(7-20)17-15(11-4-5-28-9-11)16(22-19(27)23-17)10-2-3-13(18(25)26)14(24)6-10/h2-9,12,15-16,20,24H,1H3,(H,22,27)(H,25,26). The number of nitrogens with one attached hydrogen (secondary N) is 2. The maximum atomic E-state index is 12.3. The van der Waals surface area contributed by atoms with Gasteiger partial charge in [0.2, 0.25) is 0 Å². The molecule has 144 valence electrons. The van der Waals surface area contributed by atoms with Crippen molar-refractivity contribution in [2.75, 3.05) is 7.05 Å². The van der Waals surface area contributed by atoms with Crippen LogP contribution in [-0.4, -0.2) is 47.4 Å². The summed E-state index contributed by atoms with van der Waals surface area (Å²) < 4.78 is 0. The topological polar surface area (TPSA) is 135 Å². The summed E-state index contributed by atoms with van der Waals surface area (Å²) in [5.74, 6) is -2.58. The molecule has 0 saturated heterocycles. The second-order valence-corrected chi connectivity index (χ2v) is 6.96. The summed E-state index contributed by atoms with van der Waals surface area (Å²) in [6, 6.07) is 4.95. The number of aromatic carboxylic acids is 1. The van der Waals surface area contributed by atoms with Crippen molar-refractivity contribution in [1.29, 1.82) is 5.41 Å². The molecule has 0 fully saturated rings. The van der Waals surface area contributed by atoms with Crippen LogP contribution in [0.25, 0.3) is 0 Å². The highest BCUT2D eigenvalue weighted by Gasteiger charge is 2.38. The van der Waals surface area contributed by atoms with Crippen LogP contribution in [-0.2, 0) is 0 Å². The summed E-state index contributed by atoms with van der Waals surface area (Å²) in [5, 5.41) is 33.6. The highest BCUT2D eigenvalue weighted by atomic mass is 32.1. The van der Waals surface area contributed by atoms with E-state index in [-0.39, 0.29) is 11.3 Å². The van der Waals surface area contributed by atoms with Crippen LogP contribution in [0.1, 0.15) is 33.4 Å². The summed E-state index contributed by atoms with van der Waals surface area (Å²) in [7, 11) is 1.58. The molecule has 1 aliphatic heterocycles. The van der Waals surface area contributed by atoms with Gasteiger partial charge in [-0.05, 0) is 40.1 Å².